The summed E-state index contributed by atoms with van der Waals surface area (Å²) in [6.45, 7) is 3.29. The summed E-state index contributed by atoms with van der Waals surface area (Å²) in [5.41, 5.74) is 6.49. The fourth-order valence-corrected chi connectivity index (χ4v) is 3.95. The zero-order chi connectivity index (χ0) is 15.8. The number of nitro groups is 1. The van der Waals surface area contributed by atoms with Crippen molar-refractivity contribution in [3.63, 3.8) is 0 Å². The lowest BCUT2D eigenvalue weighted by Crippen LogP contribution is -2.38. The molecule has 7 nitrogen and oxygen atoms in total. The van der Waals surface area contributed by atoms with Crippen LogP contribution in [0.3, 0.4) is 0 Å². The third kappa shape index (κ3) is 4.16. The molecule has 1 aromatic carbocycles. The summed E-state index contributed by atoms with van der Waals surface area (Å²) in [6, 6.07) is 2.35. The maximum Gasteiger partial charge on any atom is 0.270 e. The van der Waals surface area contributed by atoms with E-state index in [0.29, 0.717) is 17.0 Å². The van der Waals surface area contributed by atoms with Crippen molar-refractivity contribution < 1.29 is 13.3 Å². The van der Waals surface area contributed by atoms with Gasteiger partial charge in [0.05, 0.1) is 9.82 Å². The normalized spacial score (nSPS) is 16.0. The molecule has 0 spiro atoms. The lowest BCUT2D eigenvalue weighted by molar-refractivity contribution is -0.385. The van der Waals surface area contributed by atoms with Crippen LogP contribution in [0.5, 0.6) is 0 Å². The quantitative estimate of drug-likeness (QED) is 0.598. The number of nitrogens with two attached hydrogens (primary N) is 1. The first kappa shape index (κ1) is 18.8. The Bertz CT molecular complexity index is 651. The van der Waals surface area contributed by atoms with Crippen LogP contribution in [0.15, 0.2) is 17.0 Å². The molecule has 0 radical (unpaired) electrons. The molecule has 2 rings (SSSR count). The number of benzene rings is 1. The van der Waals surface area contributed by atoms with Crippen molar-refractivity contribution in [3.8, 4) is 0 Å². The predicted octanol–water partition coefficient (Wildman–Crippen LogP) is 1.65. The van der Waals surface area contributed by atoms with Crippen molar-refractivity contribution in [1.82, 2.24) is 4.72 Å². The Kier molecular flexibility index (Phi) is 5.91. The molecule has 22 heavy (non-hydrogen) atoms. The predicted molar refractivity (Wildman–Crippen MR) is 85.7 cm³/mol. The van der Waals surface area contributed by atoms with Gasteiger partial charge in [-0.1, -0.05) is 0 Å². The third-order valence-corrected chi connectivity index (χ3v) is 5.39. The van der Waals surface area contributed by atoms with Gasteiger partial charge in [0.25, 0.3) is 5.69 Å². The van der Waals surface area contributed by atoms with Crippen molar-refractivity contribution in [2.75, 3.05) is 6.54 Å². The van der Waals surface area contributed by atoms with Crippen LogP contribution in [-0.2, 0) is 10.0 Å². The van der Waals surface area contributed by atoms with E-state index in [1.807, 2.05) is 0 Å². The molecule has 1 fully saturated rings. The molecule has 1 aliphatic carbocycles. The van der Waals surface area contributed by atoms with Gasteiger partial charge < -0.3 is 5.73 Å². The van der Waals surface area contributed by atoms with E-state index in [1.165, 1.54) is 12.1 Å². The Morgan fingerprint density at radius 3 is 2.27 bits per heavy atom. The van der Waals surface area contributed by atoms with Gasteiger partial charge in [0, 0.05) is 24.7 Å². The minimum absolute atomic E-state index is 0. The van der Waals surface area contributed by atoms with Gasteiger partial charge in [-0.3, -0.25) is 10.1 Å². The minimum atomic E-state index is -3.72. The van der Waals surface area contributed by atoms with Gasteiger partial charge in [0.2, 0.25) is 10.0 Å². The second-order valence-corrected chi connectivity index (χ2v) is 7.22. The van der Waals surface area contributed by atoms with E-state index in [4.69, 9.17) is 5.73 Å². The average Bonchev–Trinajstić information content (AvgIpc) is 3.18. The van der Waals surface area contributed by atoms with E-state index >= 15 is 0 Å². The second-order valence-electron chi connectivity index (χ2n) is 5.52. The number of sulfonamides is 1. The first-order valence-electron chi connectivity index (χ1n) is 6.73. The van der Waals surface area contributed by atoms with Crippen molar-refractivity contribution in [2.24, 2.45) is 11.7 Å². The molecule has 0 aliphatic heterocycles. The number of halogens is 1. The van der Waals surface area contributed by atoms with E-state index in [1.54, 1.807) is 13.8 Å². The molecule has 1 aliphatic rings. The number of nitrogens with zero attached hydrogens (tertiary/aromatic N) is 1. The summed E-state index contributed by atoms with van der Waals surface area (Å²) in [4.78, 5) is 10.3. The zero-order valence-electron chi connectivity index (χ0n) is 12.4. The highest BCUT2D eigenvalue weighted by Crippen LogP contribution is 2.31. The van der Waals surface area contributed by atoms with Crippen molar-refractivity contribution in [3.05, 3.63) is 33.4 Å². The zero-order valence-corrected chi connectivity index (χ0v) is 14.0. The third-order valence-electron chi connectivity index (χ3n) is 3.66. The summed E-state index contributed by atoms with van der Waals surface area (Å²) in [5.74, 6) is 0.395. The van der Waals surface area contributed by atoms with E-state index < -0.39 is 14.9 Å². The number of hydrogen-bond acceptors (Lipinski definition) is 5. The van der Waals surface area contributed by atoms with Crippen LogP contribution in [0, 0.1) is 29.9 Å². The van der Waals surface area contributed by atoms with Crippen LogP contribution in [-0.4, -0.2) is 25.9 Å². The molecule has 1 atom stereocenters. The topological polar surface area (TPSA) is 115 Å². The molecular formula is C13H20ClN3O4S. The molecule has 3 N–H and O–H groups in total. The van der Waals surface area contributed by atoms with Gasteiger partial charge in [-0.15, -0.1) is 12.4 Å². The highest BCUT2D eigenvalue weighted by Gasteiger charge is 2.30. The number of non-ortho nitro benzene ring substituents is 1. The number of nitro benzene ring substituents is 1. The Balaban J connectivity index is 0.00000242. The molecule has 0 heterocycles. The Morgan fingerprint density at radius 1 is 1.36 bits per heavy atom. The molecule has 0 bridgehead atoms. The molecule has 0 saturated heterocycles. The van der Waals surface area contributed by atoms with Crippen LogP contribution < -0.4 is 10.5 Å². The number of aryl methyl sites for hydroxylation is 2. The van der Waals surface area contributed by atoms with Crippen LogP contribution in [0.2, 0.25) is 0 Å². The summed E-state index contributed by atoms with van der Waals surface area (Å²) in [5, 5.41) is 10.8. The van der Waals surface area contributed by atoms with Gasteiger partial charge in [-0.25, -0.2) is 13.1 Å². The van der Waals surface area contributed by atoms with Gasteiger partial charge >= 0.3 is 0 Å². The number of rotatable bonds is 6. The SMILES string of the molecule is Cc1cc([N+](=O)[O-])cc(C)c1S(=O)(=O)NCC(N)C1CC1.Cl. The minimum Gasteiger partial charge on any atom is -0.326 e. The summed E-state index contributed by atoms with van der Waals surface area (Å²) in [7, 11) is -3.72. The van der Waals surface area contributed by atoms with Gasteiger partial charge in [0.1, 0.15) is 0 Å². The fourth-order valence-electron chi connectivity index (χ4n) is 2.43. The van der Waals surface area contributed by atoms with E-state index in [-0.39, 0.29) is 35.6 Å². The molecule has 1 saturated carbocycles. The highest BCUT2D eigenvalue weighted by molar-refractivity contribution is 7.89. The summed E-state index contributed by atoms with van der Waals surface area (Å²) < 4.78 is 27.2. The molecule has 1 aromatic rings. The van der Waals surface area contributed by atoms with E-state index in [9.17, 15) is 18.5 Å². The van der Waals surface area contributed by atoms with Gasteiger partial charge in [-0.05, 0) is 43.7 Å². The average molecular weight is 350 g/mol. The molecule has 124 valence electrons. The van der Waals surface area contributed by atoms with Crippen LogP contribution in [0.1, 0.15) is 24.0 Å². The van der Waals surface area contributed by atoms with Gasteiger partial charge in [-0.2, -0.15) is 0 Å². The molecule has 1 unspecified atom stereocenters. The molecule has 0 aromatic heterocycles. The Hall–Kier alpha value is -1.22. The van der Waals surface area contributed by atoms with E-state index in [2.05, 4.69) is 4.72 Å². The maximum absolute atomic E-state index is 12.4. The number of hydrogen-bond donors (Lipinski definition) is 2. The Labute approximate surface area is 135 Å². The molecule has 0 amide bonds. The standard InChI is InChI=1S/C13H19N3O4S.ClH/c1-8-5-11(16(17)18)6-9(2)13(8)21(19,20)15-7-12(14)10-3-4-10;/h5-6,10,12,15H,3-4,7,14H2,1-2H3;1H. The monoisotopic (exact) mass is 349 g/mol. The summed E-state index contributed by atoms with van der Waals surface area (Å²) in [6.07, 6.45) is 2.08. The second kappa shape index (κ2) is 6.91. The van der Waals surface area contributed by atoms with E-state index in [0.717, 1.165) is 12.8 Å². The maximum atomic E-state index is 12.4. The van der Waals surface area contributed by atoms with Crippen molar-refractivity contribution in [2.45, 2.75) is 37.6 Å². The van der Waals surface area contributed by atoms with Crippen LogP contribution in [0.4, 0.5) is 5.69 Å². The molecule has 9 heteroatoms. The van der Waals surface area contributed by atoms with Crippen molar-refractivity contribution >= 4 is 28.1 Å². The first-order chi connectivity index (χ1) is 9.72. The van der Waals surface area contributed by atoms with Crippen LogP contribution in [0.25, 0.3) is 0 Å². The van der Waals surface area contributed by atoms with Gasteiger partial charge in [0.15, 0.2) is 0 Å². The smallest absolute Gasteiger partial charge is 0.270 e. The lowest BCUT2D eigenvalue weighted by atomic mass is 10.1. The largest absolute Gasteiger partial charge is 0.326 e. The first-order valence-corrected chi connectivity index (χ1v) is 8.21. The fraction of sp³-hybridized carbons (Fsp3) is 0.538. The van der Waals surface area contributed by atoms with Crippen molar-refractivity contribution in [1.29, 1.82) is 0 Å². The molecular weight excluding hydrogens is 330 g/mol. The summed E-state index contributed by atoms with van der Waals surface area (Å²) >= 11 is 0. The lowest BCUT2D eigenvalue weighted by Gasteiger charge is -2.15. The Morgan fingerprint density at radius 2 is 1.86 bits per heavy atom. The highest BCUT2D eigenvalue weighted by atomic mass is 35.5. The van der Waals surface area contributed by atoms with Crippen LogP contribution >= 0.6 is 12.4 Å². The number of nitrogens with one attached hydrogen (secondary N) is 1.